The van der Waals surface area contributed by atoms with Crippen LogP contribution in [-0.2, 0) is 4.79 Å². The first kappa shape index (κ1) is 15.5. The van der Waals surface area contributed by atoms with Gasteiger partial charge in [-0.15, -0.1) is 0 Å². The van der Waals surface area contributed by atoms with E-state index in [2.05, 4.69) is 5.32 Å². The largest absolute Gasteiger partial charge is 0.395 e. The van der Waals surface area contributed by atoms with E-state index in [9.17, 15) is 9.59 Å². The van der Waals surface area contributed by atoms with Crippen molar-refractivity contribution in [3.05, 3.63) is 34.9 Å². The number of amides is 2. The third-order valence-corrected chi connectivity index (χ3v) is 2.98. The molecule has 2 amide bonds. The van der Waals surface area contributed by atoms with Crippen molar-refractivity contribution in [2.75, 3.05) is 20.2 Å². The fourth-order valence-corrected chi connectivity index (χ4v) is 1.79. The van der Waals surface area contributed by atoms with Gasteiger partial charge in [-0.25, -0.2) is 0 Å². The van der Waals surface area contributed by atoms with Crippen molar-refractivity contribution in [2.45, 2.75) is 13.0 Å². The maximum atomic E-state index is 11.9. The van der Waals surface area contributed by atoms with E-state index in [1.54, 1.807) is 38.2 Å². The Bertz CT molecular complexity index is 465. The molecule has 1 rings (SSSR count). The summed E-state index contributed by atoms with van der Waals surface area (Å²) in [6.07, 6.45) is 0. The molecule has 0 aliphatic carbocycles. The van der Waals surface area contributed by atoms with Crippen LogP contribution in [0.25, 0.3) is 0 Å². The van der Waals surface area contributed by atoms with Gasteiger partial charge in [0.25, 0.3) is 5.91 Å². The summed E-state index contributed by atoms with van der Waals surface area (Å²) in [5, 5.41) is 11.7. The molecule has 0 heterocycles. The van der Waals surface area contributed by atoms with Crippen LogP contribution in [0.4, 0.5) is 0 Å². The Balaban J connectivity index is 2.67. The number of nitrogens with one attached hydrogen (secondary N) is 1. The lowest BCUT2D eigenvalue weighted by molar-refractivity contribution is -0.131. The Morgan fingerprint density at radius 2 is 2.05 bits per heavy atom. The highest BCUT2D eigenvalue weighted by molar-refractivity contribution is 6.33. The summed E-state index contributed by atoms with van der Waals surface area (Å²) < 4.78 is 0. The molecule has 2 N–H and O–H groups in total. The third-order valence-electron chi connectivity index (χ3n) is 2.65. The predicted molar refractivity (Wildman–Crippen MR) is 73.1 cm³/mol. The second-order valence-corrected chi connectivity index (χ2v) is 4.57. The van der Waals surface area contributed by atoms with Gasteiger partial charge in [0.05, 0.1) is 17.2 Å². The van der Waals surface area contributed by atoms with E-state index in [1.165, 1.54) is 4.90 Å². The van der Waals surface area contributed by atoms with Crippen LogP contribution in [0, 0.1) is 0 Å². The molecular weight excluding hydrogens is 268 g/mol. The average Bonchev–Trinajstić information content (AvgIpc) is 2.38. The number of likely N-dealkylation sites (N-methyl/N-ethyl adjacent to an activating group) is 1. The molecule has 5 nitrogen and oxygen atoms in total. The summed E-state index contributed by atoms with van der Waals surface area (Å²) in [5.74, 6) is -0.668. The molecule has 1 aromatic rings. The van der Waals surface area contributed by atoms with Crippen LogP contribution < -0.4 is 5.32 Å². The number of halogens is 1. The lowest BCUT2D eigenvalue weighted by atomic mass is 10.2. The van der Waals surface area contributed by atoms with Crippen LogP contribution in [0.3, 0.4) is 0 Å². The van der Waals surface area contributed by atoms with Crippen molar-refractivity contribution in [3.8, 4) is 0 Å². The van der Waals surface area contributed by atoms with Crippen LogP contribution in [-0.4, -0.2) is 48.1 Å². The number of carbonyl (C=O) groups is 2. The van der Waals surface area contributed by atoms with Gasteiger partial charge in [0.1, 0.15) is 6.04 Å². The van der Waals surface area contributed by atoms with Gasteiger partial charge in [-0.3, -0.25) is 9.59 Å². The summed E-state index contributed by atoms with van der Waals surface area (Å²) in [4.78, 5) is 25.2. The molecule has 0 spiro atoms. The SMILES string of the molecule is CC(NC(=O)c1ccccc1Cl)C(=O)N(C)CCO. The molecule has 0 saturated heterocycles. The topological polar surface area (TPSA) is 69.6 Å². The molecule has 104 valence electrons. The van der Waals surface area contributed by atoms with Crippen molar-refractivity contribution in [2.24, 2.45) is 0 Å². The van der Waals surface area contributed by atoms with Crippen LogP contribution in [0.2, 0.25) is 5.02 Å². The number of benzene rings is 1. The smallest absolute Gasteiger partial charge is 0.253 e. The molecule has 0 aromatic heterocycles. The maximum Gasteiger partial charge on any atom is 0.253 e. The average molecular weight is 285 g/mol. The van der Waals surface area contributed by atoms with E-state index < -0.39 is 11.9 Å². The summed E-state index contributed by atoms with van der Waals surface area (Å²) >= 11 is 5.91. The Morgan fingerprint density at radius 1 is 1.42 bits per heavy atom. The molecule has 6 heteroatoms. The van der Waals surface area contributed by atoms with E-state index in [1.807, 2.05) is 0 Å². The fraction of sp³-hybridized carbons (Fsp3) is 0.385. The number of nitrogens with zero attached hydrogens (tertiary/aromatic N) is 1. The van der Waals surface area contributed by atoms with Crippen LogP contribution >= 0.6 is 11.6 Å². The standard InChI is InChI=1S/C13H17ClN2O3/c1-9(13(19)16(2)7-8-17)15-12(18)10-5-3-4-6-11(10)14/h3-6,9,17H,7-8H2,1-2H3,(H,15,18). The highest BCUT2D eigenvalue weighted by Gasteiger charge is 2.20. The quantitative estimate of drug-likeness (QED) is 0.844. The van der Waals surface area contributed by atoms with Crippen molar-refractivity contribution in [1.82, 2.24) is 10.2 Å². The molecule has 0 bridgehead atoms. The summed E-state index contributed by atoms with van der Waals surface area (Å²) in [6.45, 7) is 1.70. The van der Waals surface area contributed by atoms with E-state index >= 15 is 0 Å². The number of aliphatic hydroxyl groups is 1. The molecule has 0 aliphatic heterocycles. The number of hydrogen-bond acceptors (Lipinski definition) is 3. The Labute approximate surface area is 117 Å². The molecule has 0 aliphatic rings. The van der Waals surface area contributed by atoms with Crippen molar-refractivity contribution in [1.29, 1.82) is 0 Å². The molecule has 0 saturated carbocycles. The zero-order valence-corrected chi connectivity index (χ0v) is 11.6. The summed E-state index contributed by atoms with van der Waals surface area (Å²) in [7, 11) is 1.57. The molecular formula is C13H17ClN2O3. The van der Waals surface area contributed by atoms with Gasteiger partial charge in [0.15, 0.2) is 0 Å². The zero-order valence-electron chi connectivity index (χ0n) is 10.9. The van der Waals surface area contributed by atoms with Gasteiger partial charge in [-0.1, -0.05) is 23.7 Å². The molecule has 1 aromatic carbocycles. The van der Waals surface area contributed by atoms with Gasteiger partial charge in [-0.05, 0) is 19.1 Å². The van der Waals surface area contributed by atoms with Crippen LogP contribution in [0.1, 0.15) is 17.3 Å². The van der Waals surface area contributed by atoms with E-state index in [0.717, 1.165) is 0 Å². The lowest BCUT2D eigenvalue weighted by Crippen LogP contribution is -2.46. The molecule has 1 unspecified atom stereocenters. The first-order chi connectivity index (χ1) is 8.97. The van der Waals surface area contributed by atoms with E-state index in [-0.39, 0.29) is 19.1 Å². The first-order valence-electron chi connectivity index (χ1n) is 5.88. The first-order valence-corrected chi connectivity index (χ1v) is 6.26. The summed E-state index contributed by atoms with van der Waals surface area (Å²) in [5.41, 5.74) is 0.327. The monoisotopic (exact) mass is 284 g/mol. The lowest BCUT2D eigenvalue weighted by Gasteiger charge is -2.21. The van der Waals surface area contributed by atoms with E-state index in [4.69, 9.17) is 16.7 Å². The van der Waals surface area contributed by atoms with Gasteiger partial charge < -0.3 is 15.3 Å². The molecule has 19 heavy (non-hydrogen) atoms. The highest BCUT2D eigenvalue weighted by atomic mass is 35.5. The third kappa shape index (κ3) is 4.22. The predicted octanol–water partition coefficient (Wildman–Crippen LogP) is 0.909. The second-order valence-electron chi connectivity index (χ2n) is 4.16. The molecule has 0 radical (unpaired) electrons. The maximum absolute atomic E-state index is 11.9. The van der Waals surface area contributed by atoms with E-state index in [0.29, 0.717) is 10.6 Å². The van der Waals surface area contributed by atoms with Crippen molar-refractivity contribution < 1.29 is 14.7 Å². The van der Waals surface area contributed by atoms with Gasteiger partial charge in [-0.2, -0.15) is 0 Å². The zero-order chi connectivity index (χ0) is 14.4. The normalized spacial score (nSPS) is 11.8. The highest BCUT2D eigenvalue weighted by Crippen LogP contribution is 2.14. The Hall–Kier alpha value is -1.59. The summed E-state index contributed by atoms with van der Waals surface area (Å²) in [6, 6.07) is 5.95. The van der Waals surface area contributed by atoms with Gasteiger partial charge in [0, 0.05) is 13.6 Å². The Kier molecular flexibility index (Phi) is 5.79. The second kappa shape index (κ2) is 7.11. The van der Waals surface area contributed by atoms with Gasteiger partial charge in [0.2, 0.25) is 5.91 Å². The Morgan fingerprint density at radius 3 is 2.63 bits per heavy atom. The minimum absolute atomic E-state index is 0.118. The number of carbonyl (C=O) groups excluding carboxylic acids is 2. The van der Waals surface area contributed by atoms with Crippen molar-refractivity contribution >= 4 is 23.4 Å². The number of hydrogen-bond donors (Lipinski definition) is 2. The fourth-order valence-electron chi connectivity index (χ4n) is 1.57. The molecule has 1 atom stereocenters. The minimum Gasteiger partial charge on any atom is -0.395 e. The number of rotatable bonds is 5. The van der Waals surface area contributed by atoms with Crippen LogP contribution in [0.15, 0.2) is 24.3 Å². The van der Waals surface area contributed by atoms with Gasteiger partial charge >= 0.3 is 0 Å². The van der Waals surface area contributed by atoms with Crippen LogP contribution in [0.5, 0.6) is 0 Å². The minimum atomic E-state index is -0.680. The number of aliphatic hydroxyl groups excluding tert-OH is 1. The molecule has 0 fully saturated rings. The van der Waals surface area contributed by atoms with Crippen molar-refractivity contribution in [3.63, 3.8) is 0 Å².